The summed E-state index contributed by atoms with van der Waals surface area (Å²) in [4.78, 5) is 11.3. The van der Waals surface area contributed by atoms with Crippen molar-refractivity contribution in [2.45, 2.75) is 32.6 Å². The molecule has 0 aliphatic carbocycles. The van der Waals surface area contributed by atoms with E-state index in [-0.39, 0.29) is 5.69 Å². The number of hydrazine groups is 1. The number of unbranched alkanes of at least 4 members (excludes halogenated alkanes) is 3. The quantitative estimate of drug-likeness (QED) is 0.339. The molecule has 118 valence electrons. The van der Waals surface area contributed by atoms with Gasteiger partial charge in [0.25, 0.3) is 5.91 Å². The molecule has 0 spiro atoms. The van der Waals surface area contributed by atoms with Crippen molar-refractivity contribution in [2.75, 3.05) is 6.61 Å². The lowest BCUT2D eigenvalue weighted by molar-refractivity contribution is 0.0944. The number of ether oxygens (including phenoxy) is 1. The number of nitrogens with one attached hydrogen (secondary N) is 1. The number of rotatable bonds is 8. The molecule has 22 heavy (non-hydrogen) atoms. The number of aromatic nitrogens is 1. The van der Waals surface area contributed by atoms with Crippen molar-refractivity contribution in [1.82, 2.24) is 10.6 Å². The minimum Gasteiger partial charge on any atom is -0.494 e. The van der Waals surface area contributed by atoms with E-state index in [1.54, 1.807) is 6.07 Å². The molecule has 3 N–H and O–H groups in total. The average molecular weight is 303 g/mol. The third-order valence-electron chi connectivity index (χ3n) is 3.28. The zero-order valence-electron chi connectivity index (χ0n) is 12.7. The van der Waals surface area contributed by atoms with Gasteiger partial charge in [0.05, 0.1) is 6.61 Å². The van der Waals surface area contributed by atoms with Crippen molar-refractivity contribution in [2.24, 2.45) is 5.84 Å². The van der Waals surface area contributed by atoms with Crippen LogP contribution in [-0.2, 0) is 0 Å². The lowest BCUT2D eigenvalue weighted by Crippen LogP contribution is -2.30. The first-order valence-electron chi connectivity index (χ1n) is 7.45. The number of hydrogen-bond donors (Lipinski definition) is 2. The van der Waals surface area contributed by atoms with Gasteiger partial charge >= 0.3 is 0 Å². The predicted octanol–water partition coefficient (Wildman–Crippen LogP) is 2.90. The highest BCUT2D eigenvalue weighted by Crippen LogP contribution is 2.23. The van der Waals surface area contributed by atoms with E-state index in [2.05, 4.69) is 12.1 Å². The molecule has 0 saturated heterocycles. The summed E-state index contributed by atoms with van der Waals surface area (Å²) in [5.41, 5.74) is 2.98. The van der Waals surface area contributed by atoms with Gasteiger partial charge in [-0.25, -0.2) is 5.84 Å². The standard InChI is InChI=1S/C16H21N3O3/c1-2-3-4-5-10-21-13-8-6-12(7-9-13)15-11-14(19-22-15)16(20)18-17/h6-9,11H,2-5,10,17H2,1H3,(H,18,20). The predicted molar refractivity (Wildman–Crippen MR) is 83.2 cm³/mol. The van der Waals surface area contributed by atoms with Crippen LogP contribution < -0.4 is 16.0 Å². The lowest BCUT2D eigenvalue weighted by atomic mass is 10.1. The number of amides is 1. The highest BCUT2D eigenvalue weighted by Gasteiger charge is 2.12. The second kappa shape index (κ2) is 8.19. The molecule has 2 aromatic rings. The second-order valence-corrected chi connectivity index (χ2v) is 4.98. The van der Waals surface area contributed by atoms with Crippen LogP contribution in [0.3, 0.4) is 0 Å². The number of hydrogen-bond acceptors (Lipinski definition) is 5. The molecule has 2 rings (SSSR count). The summed E-state index contributed by atoms with van der Waals surface area (Å²) in [6.07, 6.45) is 4.72. The summed E-state index contributed by atoms with van der Waals surface area (Å²) in [6, 6.07) is 9.03. The van der Waals surface area contributed by atoms with Crippen LogP contribution in [0.4, 0.5) is 0 Å². The van der Waals surface area contributed by atoms with E-state index in [0.717, 1.165) is 24.3 Å². The average Bonchev–Trinajstić information content (AvgIpc) is 3.04. The van der Waals surface area contributed by atoms with Crippen molar-refractivity contribution in [1.29, 1.82) is 0 Å². The lowest BCUT2D eigenvalue weighted by Gasteiger charge is -2.06. The first-order valence-corrected chi connectivity index (χ1v) is 7.45. The molecule has 0 saturated carbocycles. The maximum absolute atomic E-state index is 11.3. The Morgan fingerprint density at radius 2 is 2.05 bits per heavy atom. The van der Waals surface area contributed by atoms with Crippen molar-refractivity contribution in [3.63, 3.8) is 0 Å². The van der Waals surface area contributed by atoms with Gasteiger partial charge in [-0.1, -0.05) is 31.3 Å². The number of nitrogens with zero attached hydrogens (tertiary/aromatic N) is 1. The molecule has 0 aliphatic heterocycles. The summed E-state index contributed by atoms with van der Waals surface area (Å²) in [7, 11) is 0. The molecular formula is C16H21N3O3. The summed E-state index contributed by atoms with van der Waals surface area (Å²) in [5.74, 6) is 5.89. The van der Waals surface area contributed by atoms with Crippen LogP contribution in [0.1, 0.15) is 43.1 Å². The minimum atomic E-state index is -0.484. The van der Waals surface area contributed by atoms with Crippen LogP contribution in [0.5, 0.6) is 5.75 Å². The Morgan fingerprint density at radius 1 is 1.27 bits per heavy atom. The molecule has 0 aliphatic rings. The Labute approximate surface area is 129 Å². The van der Waals surface area contributed by atoms with Gasteiger partial charge in [0, 0.05) is 11.6 Å². The highest BCUT2D eigenvalue weighted by molar-refractivity contribution is 5.92. The van der Waals surface area contributed by atoms with Crippen molar-refractivity contribution < 1.29 is 14.1 Å². The van der Waals surface area contributed by atoms with Crippen LogP contribution in [0, 0.1) is 0 Å². The first kappa shape index (κ1) is 16.0. The van der Waals surface area contributed by atoms with Gasteiger partial charge in [0.2, 0.25) is 0 Å². The molecule has 1 amide bonds. The van der Waals surface area contributed by atoms with E-state index >= 15 is 0 Å². The Bertz CT molecular complexity index is 593. The highest BCUT2D eigenvalue weighted by atomic mass is 16.5. The van der Waals surface area contributed by atoms with Gasteiger partial charge in [0.15, 0.2) is 11.5 Å². The molecule has 0 fully saturated rings. The maximum Gasteiger partial charge on any atom is 0.287 e. The van der Waals surface area contributed by atoms with Crippen LogP contribution in [0.25, 0.3) is 11.3 Å². The fourth-order valence-corrected chi connectivity index (χ4v) is 2.03. The smallest absolute Gasteiger partial charge is 0.287 e. The van der Waals surface area contributed by atoms with E-state index in [1.165, 1.54) is 19.3 Å². The second-order valence-electron chi connectivity index (χ2n) is 4.98. The Morgan fingerprint density at radius 3 is 2.73 bits per heavy atom. The number of nitrogen functional groups attached to an aromatic ring is 1. The van der Waals surface area contributed by atoms with Crippen molar-refractivity contribution >= 4 is 5.91 Å². The SMILES string of the molecule is CCCCCCOc1ccc(-c2cc(C(=O)NN)no2)cc1. The maximum atomic E-state index is 11.3. The number of carbonyl (C=O) groups excluding carboxylic acids is 1. The van der Waals surface area contributed by atoms with Crippen molar-refractivity contribution in [3.05, 3.63) is 36.0 Å². The largest absolute Gasteiger partial charge is 0.494 e. The number of benzene rings is 1. The molecule has 1 aromatic carbocycles. The molecule has 1 heterocycles. The van der Waals surface area contributed by atoms with Crippen LogP contribution in [0.15, 0.2) is 34.9 Å². The van der Waals surface area contributed by atoms with Gasteiger partial charge in [-0.2, -0.15) is 0 Å². The zero-order valence-corrected chi connectivity index (χ0v) is 12.7. The number of nitrogens with two attached hydrogens (primary N) is 1. The summed E-state index contributed by atoms with van der Waals surface area (Å²) in [5, 5.41) is 3.67. The fourth-order valence-electron chi connectivity index (χ4n) is 2.03. The summed E-state index contributed by atoms with van der Waals surface area (Å²) in [6.45, 7) is 2.91. The van der Waals surface area contributed by atoms with Crippen LogP contribution >= 0.6 is 0 Å². The van der Waals surface area contributed by atoms with E-state index in [0.29, 0.717) is 5.76 Å². The molecule has 6 heteroatoms. The third kappa shape index (κ3) is 4.33. The van der Waals surface area contributed by atoms with Crippen molar-refractivity contribution in [3.8, 4) is 17.1 Å². The summed E-state index contributed by atoms with van der Waals surface area (Å²) >= 11 is 0. The topological polar surface area (TPSA) is 90.4 Å². The van der Waals surface area contributed by atoms with Gasteiger partial charge in [-0.3, -0.25) is 10.2 Å². The molecule has 0 atom stereocenters. The van der Waals surface area contributed by atoms with Gasteiger partial charge < -0.3 is 9.26 Å². The Kier molecular flexibility index (Phi) is 5.97. The van der Waals surface area contributed by atoms with Gasteiger partial charge in [-0.05, 0) is 30.7 Å². The van der Waals surface area contributed by atoms with Crippen LogP contribution in [0.2, 0.25) is 0 Å². The minimum absolute atomic E-state index is 0.147. The molecule has 0 radical (unpaired) electrons. The normalized spacial score (nSPS) is 10.5. The van der Waals surface area contributed by atoms with Crippen LogP contribution in [-0.4, -0.2) is 17.7 Å². The molecule has 6 nitrogen and oxygen atoms in total. The zero-order chi connectivity index (χ0) is 15.8. The molecular weight excluding hydrogens is 282 g/mol. The number of carbonyl (C=O) groups is 1. The van der Waals surface area contributed by atoms with Gasteiger partial charge in [0.1, 0.15) is 5.75 Å². The molecule has 1 aromatic heterocycles. The van der Waals surface area contributed by atoms with E-state index < -0.39 is 5.91 Å². The van der Waals surface area contributed by atoms with E-state index in [9.17, 15) is 4.79 Å². The fraction of sp³-hybridized carbons (Fsp3) is 0.375. The van der Waals surface area contributed by atoms with Gasteiger partial charge in [-0.15, -0.1) is 0 Å². The Balaban J connectivity index is 1.91. The monoisotopic (exact) mass is 303 g/mol. The first-order chi connectivity index (χ1) is 10.7. The van der Waals surface area contributed by atoms with E-state index in [1.807, 2.05) is 29.7 Å². The third-order valence-corrected chi connectivity index (χ3v) is 3.28. The molecule has 0 bridgehead atoms. The Hall–Kier alpha value is -2.34. The molecule has 0 unspecified atom stereocenters. The van der Waals surface area contributed by atoms with E-state index in [4.69, 9.17) is 15.1 Å². The summed E-state index contributed by atoms with van der Waals surface area (Å²) < 4.78 is 10.8.